The monoisotopic (exact) mass is 339 g/mol. The Kier molecular flexibility index (Phi) is 6.09. The first-order valence-electron chi connectivity index (χ1n) is 8.52. The van der Waals surface area contributed by atoms with E-state index in [0.29, 0.717) is 16.6 Å². The van der Waals surface area contributed by atoms with Crippen LogP contribution in [-0.4, -0.2) is 44.3 Å². The Balaban J connectivity index is 1.97. The summed E-state index contributed by atoms with van der Waals surface area (Å²) in [6.45, 7) is 11.1. The Hall–Kier alpha value is -1.07. The van der Waals surface area contributed by atoms with Crippen molar-refractivity contribution in [1.29, 1.82) is 0 Å². The molecule has 0 radical (unpaired) electrons. The summed E-state index contributed by atoms with van der Waals surface area (Å²) in [5.74, 6) is 1.35. The summed E-state index contributed by atoms with van der Waals surface area (Å²) in [4.78, 5) is 2.83. The molecule has 130 valence electrons. The molecule has 1 aromatic rings. The zero-order valence-corrected chi connectivity index (χ0v) is 15.5. The Morgan fingerprint density at radius 2 is 1.83 bits per heavy atom. The zero-order valence-electron chi connectivity index (χ0n) is 14.7. The maximum Gasteiger partial charge on any atom is 0.180 e. The third-order valence-corrected chi connectivity index (χ3v) is 6.37. The van der Waals surface area contributed by atoms with Crippen LogP contribution in [0.3, 0.4) is 0 Å². The van der Waals surface area contributed by atoms with Crippen LogP contribution in [0.15, 0.2) is 29.2 Å². The molecule has 5 heteroatoms. The van der Waals surface area contributed by atoms with Crippen LogP contribution in [0.4, 0.5) is 0 Å². The summed E-state index contributed by atoms with van der Waals surface area (Å²) in [7, 11) is -3.25. The number of benzene rings is 1. The van der Waals surface area contributed by atoms with E-state index in [1.54, 1.807) is 32.0 Å². The van der Waals surface area contributed by atoms with Crippen molar-refractivity contribution >= 4 is 9.84 Å². The van der Waals surface area contributed by atoms with Crippen molar-refractivity contribution in [2.24, 2.45) is 5.92 Å². The first-order chi connectivity index (χ1) is 10.8. The van der Waals surface area contributed by atoms with Crippen LogP contribution >= 0.6 is 0 Å². The Bertz CT molecular complexity index is 602. The van der Waals surface area contributed by atoms with Gasteiger partial charge < -0.3 is 9.64 Å². The van der Waals surface area contributed by atoms with Crippen molar-refractivity contribution < 1.29 is 13.2 Å². The molecule has 0 aromatic heterocycles. The molecule has 0 unspecified atom stereocenters. The fraction of sp³-hybridized carbons (Fsp3) is 0.667. The molecule has 0 saturated carbocycles. The normalized spacial score (nSPS) is 17.8. The lowest BCUT2D eigenvalue weighted by molar-refractivity contribution is 0.0939. The van der Waals surface area contributed by atoms with Gasteiger partial charge in [0.05, 0.1) is 10.1 Å². The second-order valence-corrected chi connectivity index (χ2v) is 9.58. The first-order valence-corrected chi connectivity index (χ1v) is 10.1. The lowest BCUT2D eigenvalue weighted by Crippen LogP contribution is -2.39. The van der Waals surface area contributed by atoms with Crippen molar-refractivity contribution in [2.45, 2.75) is 56.8 Å². The summed E-state index contributed by atoms with van der Waals surface area (Å²) < 4.78 is 30.6. The van der Waals surface area contributed by atoms with Gasteiger partial charge >= 0.3 is 0 Å². The van der Waals surface area contributed by atoms with Gasteiger partial charge in [-0.05, 0) is 50.8 Å². The van der Waals surface area contributed by atoms with Gasteiger partial charge in [-0.25, -0.2) is 8.42 Å². The minimum absolute atomic E-state index is 0.176. The highest BCUT2D eigenvalue weighted by Crippen LogP contribution is 2.24. The second kappa shape index (κ2) is 7.67. The molecule has 1 aromatic carbocycles. The molecule has 1 heterocycles. The largest absolute Gasteiger partial charge is 0.490 e. The van der Waals surface area contributed by atoms with E-state index >= 15 is 0 Å². The third-order valence-electron chi connectivity index (χ3n) is 4.22. The fourth-order valence-electron chi connectivity index (χ4n) is 2.92. The Morgan fingerprint density at radius 3 is 2.39 bits per heavy atom. The molecule has 0 N–H and O–H groups in total. The molecular formula is C18H29NO3S. The Morgan fingerprint density at radius 1 is 1.17 bits per heavy atom. The van der Waals surface area contributed by atoms with Crippen molar-refractivity contribution in [3.05, 3.63) is 24.3 Å². The number of sulfone groups is 1. The van der Waals surface area contributed by atoms with Crippen molar-refractivity contribution in [3.63, 3.8) is 0 Å². The van der Waals surface area contributed by atoms with Gasteiger partial charge in [0.2, 0.25) is 0 Å². The number of hydrogen-bond donors (Lipinski definition) is 0. The zero-order chi connectivity index (χ0) is 17.0. The van der Waals surface area contributed by atoms with E-state index in [1.165, 1.54) is 0 Å². The third kappa shape index (κ3) is 4.95. The lowest BCUT2D eigenvalue weighted by Gasteiger charge is -2.33. The molecule has 2 rings (SSSR count). The fourth-order valence-corrected chi connectivity index (χ4v) is 4.01. The van der Waals surface area contributed by atoms with Gasteiger partial charge in [-0.2, -0.15) is 0 Å². The minimum atomic E-state index is -3.25. The highest BCUT2D eigenvalue weighted by molar-refractivity contribution is 7.92. The van der Waals surface area contributed by atoms with E-state index in [-0.39, 0.29) is 6.10 Å². The summed E-state index contributed by atoms with van der Waals surface area (Å²) in [5.41, 5.74) is 0. The summed E-state index contributed by atoms with van der Waals surface area (Å²) in [6.07, 6.45) is 2.16. The molecule has 0 atom stereocenters. The van der Waals surface area contributed by atoms with E-state index in [0.717, 1.165) is 32.5 Å². The molecule has 1 fully saturated rings. The highest BCUT2D eigenvalue weighted by atomic mass is 32.2. The van der Waals surface area contributed by atoms with Crippen molar-refractivity contribution in [1.82, 2.24) is 4.90 Å². The lowest BCUT2D eigenvalue weighted by atomic mass is 10.1. The van der Waals surface area contributed by atoms with Gasteiger partial charge in [-0.3, -0.25) is 0 Å². The van der Waals surface area contributed by atoms with Gasteiger partial charge in [0, 0.05) is 19.6 Å². The molecule has 0 bridgehead atoms. The van der Waals surface area contributed by atoms with Gasteiger partial charge in [0.25, 0.3) is 0 Å². The molecule has 23 heavy (non-hydrogen) atoms. The number of likely N-dealkylation sites (tertiary alicyclic amines) is 1. The standard InChI is InChI=1S/C18H29NO3S/c1-14(2)13-19-10-8-16(9-11-19)22-17-6-5-7-18(12-17)23(20,21)15(3)4/h5-7,12,14-16H,8-11,13H2,1-4H3. The molecule has 0 amide bonds. The van der Waals surface area contributed by atoms with Crippen molar-refractivity contribution in [2.75, 3.05) is 19.6 Å². The average molecular weight is 340 g/mol. The van der Waals surface area contributed by atoms with Crippen LogP contribution in [0.2, 0.25) is 0 Å². The van der Waals surface area contributed by atoms with Crippen LogP contribution < -0.4 is 4.74 Å². The SMILES string of the molecule is CC(C)CN1CCC(Oc2cccc(S(=O)(=O)C(C)C)c2)CC1. The van der Waals surface area contributed by atoms with Gasteiger partial charge in [0.1, 0.15) is 11.9 Å². The highest BCUT2D eigenvalue weighted by Gasteiger charge is 2.23. The van der Waals surface area contributed by atoms with E-state index in [9.17, 15) is 8.42 Å². The van der Waals surface area contributed by atoms with E-state index in [2.05, 4.69) is 18.7 Å². The summed E-state index contributed by atoms with van der Waals surface area (Å²) in [5, 5.41) is -0.419. The van der Waals surface area contributed by atoms with E-state index in [4.69, 9.17) is 4.74 Å². The number of nitrogens with zero attached hydrogens (tertiary/aromatic N) is 1. The van der Waals surface area contributed by atoms with Crippen LogP contribution in [-0.2, 0) is 9.84 Å². The number of ether oxygens (including phenoxy) is 1. The maximum atomic E-state index is 12.3. The number of hydrogen-bond acceptors (Lipinski definition) is 4. The molecular weight excluding hydrogens is 310 g/mol. The van der Waals surface area contributed by atoms with E-state index < -0.39 is 15.1 Å². The number of piperidine rings is 1. The molecule has 1 aliphatic heterocycles. The topological polar surface area (TPSA) is 46.6 Å². The first kappa shape index (κ1) is 18.3. The average Bonchev–Trinajstić information content (AvgIpc) is 2.49. The molecule has 0 aliphatic carbocycles. The summed E-state index contributed by atoms with van der Waals surface area (Å²) in [6, 6.07) is 6.92. The van der Waals surface area contributed by atoms with Gasteiger partial charge in [-0.1, -0.05) is 19.9 Å². The minimum Gasteiger partial charge on any atom is -0.490 e. The van der Waals surface area contributed by atoms with Crippen LogP contribution in [0.1, 0.15) is 40.5 Å². The predicted molar refractivity (Wildman–Crippen MR) is 93.7 cm³/mol. The van der Waals surface area contributed by atoms with Crippen molar-refractivity contribution in [3.8, 4) is 5.75 Å². The molecule has 0 spiro atoms. The van der Waals surface area contributed by atoms with E-state index in [1.807, 2.05) is 6.07 Å². The van der Waals surface area contributed by atoms with Gasteiger partial charge in [-0.15, -0.1) is 0 Å². The smallest absolute Gasteiger partial charge is 0.180 e. The Labute approximate surface area is 140 Å². The predicted octanol–water partition coefficient (Wildman–Crippen LogP) is 3.37. The molecule has 1 saturated heterocycles. The van der Waals surface area contributed by atoms with Crippen LogP contribution in [0, 0.1) is 5.92 Å². The maximum absolute atomic E-state index is 12.3. The summed E-state index contributed by atoms with van der Waals surface area (Å²) >= 11 is 0. The van der Waals surface area contributed by atoms with Crippen LogP contribution in [0.5, 0.6) is 5.75 Å². The quantitative estimate of drug-likeness (QED) is 0.797. The second-order valence-electron chi connectivity index (χ2n) is 7.08. The number of rotatable bonds is 6. The van der Waals surface area contributed by atoms with Gasteiger partial charge in [0.15, 0.2) is 9.84 Å². The molecule has 4 nitrogen and oxygen atoms in total. The van der Waals surface area contributed by atoms with Crippen LogP contribution in [0.25, 0.3) is 0 Å². The molecule has 1 aliphatic rings.